The van der Waals surface area contributed by atoms with E-state index in [-0.39, 0.29) is 5.41 Å². The SMILES string of the molecule is CCCNC(c1ccc(C)cc1Br)C(C)(C)C. The Morgan fingerprint density at radius 1 is 1.29 bits per heavy atom. The zero-order valence-corrected chi connectivity index (χ0v) is 13.2. The van der Waals surface area contributed by atoms with Gasteiger partial charge in [-0.15, -0.1) is 0 Å². The minimum absolute atomic E-state index is 0.215. The highest BCUT2D eigenvalue weighted by molar-refractivity contribution is 9.10. The molecule has 0 aliphatic carbocycles. The summed E-state index contributed by atoms with van der Waals surface area (Å²) in [5.74, 6) is 0. The molecule has 0 saturated carbocycles. The van der Waals surface area contributed by atoms with Crippen LogP contribution in [0.25, 0.3) is 0 Å². The fourth-order valence-electron chi connectivity index (χ4n) is 2.04. The van der Waals surface area contributed by atoms with Crippen LogP contribution in [0.4, 0.5) is 0 Å². The van der Waals surface area contributed by atoms with Gasteiger partial charge in [-0.25, -0.2) is 0 Å². The minimum atomic E-state index is 0.215. The second-order valence-electron chi connectivity index (χ2n) is 5.78. The summed E-state index contributed by atoms with van der Waals surface area (Å²) in [5.41, 5.74) is 2.87. The monoisotopic (exact) mass is 297 g/mol. The van der Waals surface area contributed by atoms with Crippen molar-refractivity contribution in [2.75, 3.05) is 6.54 Å². The number of aryl methyl sites for hydroxylation is 1. The summed E-state index contributed by atoms with van der Waals surface area (Å²) >= 11 is 3.69. The van der Waals surface area contributed by atoms with Crippen LogP contribution in [0.15, 0.2) is 22.7 Å². The van der Waals surface area contributed by atoms with Gasteiger partial charge in [0, 0.05) is 10.5 Å². The third-order valence-corrected chi connectivity index (χ3v) is 3.62. The van der Waals surface area contributed by atoms with Crippen molar-refractivity contribution < 1.29 is 0 Å². The maximum Gasteiger partial charge on any atom is 0.0380 e. The first-order chi connectivity index (χ1) is 7.86. The van der Waals surface area contributed by atoms with E-state index < -0.39 is 0 Å². The molecule has 1 N–H and O–H groups in total. The molecule has 2 heteroatoms. The van der Waals surface area contributed by atoms with Crippen molar-refractivity contribution in [3.63, 3.8) is 0 Å². The lowest BCUT2D eigenvalue weighted by Crippen LogP contribution is -2.33. The van der Waals surface area contributed by atoms with E-state index >= 15 is 0 Å². The van der Waals surface area contributed by atoms with Gasteiger partial charge >= 0.3 is 0 Å². The summed E-state index contributed by atoms with van der Waals surface area (Å²) in [4.78, 5) is 0. The van der Waals surface area contributed by atoms with Crippen LogP contribution in [-0.4, -0.2) is 6.54 Å². The van der Waals surface area contributed by atoms with Crippen molar-refractivity contribution in [3.8, 4) is 0 Å². The highest BCUT2D eigenvalue weighted by atomic mass is 79.9. The van der Waals surface area contributed by atoms with Gasteiger partial charge in [-0.2, -0.15) is 0 Å². The van der Waals surface area contributed by atoms with Crippen LogP contribution in [0.2, 0.25) is 0 Å². The maximum atomic E-state index is 3.69. The van der Waals surface area contributed by atoms with Crippen LogP contribution in [0, 0.1) is 12.3 Å². The van der Waals surface area contributed by atoms with E-state index in [1.54, 1.807) is 0 Å². The number of hydrogen-bond donors (Lipinski definition) is 1. The molecular weight excluding hydrogens is 274 g/mol. The third-order valence-electron chi connectivity index (χ3n) is 2.93. The van der Waals surface area contributed by atoms with Crippen molar-refractivity contribution in [3.05, 3.63) is 33.8 Å². The van der Waals surface area contributed by atoms with Crippen LogP contribution in [0.5, 0.6) is 0 Å². The standard InChI is InChI=1S/C15H24BrN/c1-6-9-17-14(15(3,4)5)12-8-7-11(2)10-13(12)16/h7-8,10,14,17H,6,9H2,1-5H3. The predicted molar refractivity (Wildman–Crippen MR) is 79.4 cm³/mol. The van der Waals surface area contributed by atoms with Gasteiger partial charge in [0.2, 0.25) is 0 Å². The Morgan fingerprint density at radius 2 is 1.94 bits per heavy atom. The molecule has 0 aliphatic rings. The molecule has 0 fully saturated rings. The Hall–Kier alpha value is -0.340. The van der Waals surface area contributed by atoms with E-state index in [2.05, 4.69) is 74.1 Å². The van der Waals surface area contributed by atoms with Gasteiger partial charge in [0.05, 0.1) is 0 Å². The average Bonchev–Trinajstić information content (AvgIpc) is 2.19. The fraction of sp³-hybridized carbons (Fsp3) is 0.600. The number of nitrogens with one attached hydrogen (secondary N) is 1. The molecule has 1 aromatic carbocycles. The predicted octanol–water partition coefficient (Wildman–Crippen LogP) is 4.84. The molecule has 1 aromatic rings. The number of rotatable bonds is 4. The fourth-order valence-corrected chi connectivity index (χ4v) is 2.76. The zero-order chi connectivity index (χ0) is 13.1. The lowest BCUT2D eigenvalue weighted by Gasteiger charge is -2.33. The van der Waals surface area contributed by atoms with Crippen molar-refractivity contribution in [2.45, 2.75) is 47.1 Å². The Labute approximate surface area is 114 Å². The molecule has 17 heavy (non-hydrogen) atoms. The van der Waals surface area contributed by atoms with E-state index in [0.717, 1.165) is 13.0 Å². The molecule has 1 unspecified atom stereocenters. The molecule has 1 nitrogen and oxygen atoms in total. The minimum Gasteiger partial charge on any atom is -0.309 e. The Bertz CT molecular complexity index is 366. The molecular formula is C15H24BrN. The highest BCUT2D eigenvalue weighted by Gasteiger charge is 2.26. The molecule has 1 atom stereocenters. The summed E-state index contributed by atoms with van der Waals surface area (Å²) in [7, 11) is 0. The molecule has 0 amide bonds. The normalized spacial score (nSPS) is 13.8. The average molecular weight is 298 g/mol. The second-order valence-corrected chi connectivity index (χ2v) is 6.63. The third kappa shape index (κ3) is 4.11. The quantitative estimate of drug-likeness (QED) is 0.838. The van der Waals surface area contributed by atoms with Crippen molar-refractivity contribution >= 4 is 15.9 Å². The molecule has 1 rings (SSSR count). The van der Waals surface area contributed by atoms with Crippen molar-refractivity contribution in [1.82, 2.24) is 5.32 Å². The summed E-state index contributed by atoms with van der Waals surface area (Å²) in [6.45, 7) is 12.2. The van der Waals surface area contributed by atoms with Crippen molar-refractivity contribution in [1.29, 1.82) is 0 Å². The first-order valence-corrected chi connectivity index (χ1v) is 7.15. The van der Waals surface area contributed by atoms with Crippen LogP contribution < -0.4 is 5.32 Å². The Morgan fingerprint density at radius 3 is 2.41 bits per heavy atom. The van der Waals surface area contributed by atoms with E-state index in [1.165, 1.54) is 15.6 Å². The molecule has 96 valence electrons. The molecule has 0 heterocycles. The van der Waals surface area contributed by atoms with Gasteiger partial charge in [-0.1, -0.05) is 55.8 Å². The van der Waals surface area contributed by atoms with Crippen LogP contribution >= 0.6 is 15.9 Å². The summed E-state index contributed by atoms with van der Waals surface area (Å²) in [5, 5.41) is 3.66. The van der Waals surface area contributed by atoms with Gasteiger partial charge < -0.3 is 5.32 Å². The Kier molecular flexibility index (Phi) is 5.21. The smallest absolute Gasteiger partial charge is 0.0380 e. The van der Waals surface area contributed by atoms with Gasteiger partial charge in [0.15, 0.2) is 0 Å². The summed E-state index contributed by atoms with van der Waals surface area (Å²) in [6.07, 6.45) is 1.16. The Balaban J connectivity index is 3.04. The van der Waals surface area contributed by atoms with Crippen molar-refractivity contribution in [2.24, 2.45) is 5.41 Å². The largest absolute Gasteiger partial charge is 0.309 e. The summed E-state index contributed by atoms with van der Waals surface area (Å²) in [6, 6.07) is 7.00. The van der Waals surface area contributed by atoms with E-state index in [4.69, 9.17) is 0 Å². The highest BCUT2D eigenvalue weighted by Crippen LogP contribution is 2.36. The van der Waals surface area contributed by atoms with E-state index in [9.17, 15) is 0 Å². The number of hydrogen-bond acceptors (Lipinski definition) is 1. The second kappa shape index (κ2) is 6.01. The van der Waals surface area contributed by atoms with Gasteiger partial charge in [0.1, 0.15) is 0 Å². The van der Waals surface area contributed by atoms with E-state index in [0.29, 0.717) is 6.04 Å². The molecule has 0 saturated heterocycles. The zero-order valence-electron chi connectivity index (χ0n) is 11.6. The first-order valence-electron chi connectivity index (χ1n) is 6.35. The first kappa shape index (κ1) is 14.7. The summed E-state index contributed by atoms with van der Waals surface area (Å²) < 4.78 is 1.21. The van der Waals surface area contributed by atoms with Gasteiger partial charge in [-0.3, -0.25) is 0 Å². The van der Waals surface area contributed by atoms with Crippen LogP contribution in [0.3, 0.4) is 0 Å². The number of halogens is 1. The molecule has 0 spiro atoms. The molecule has 0 aromatic heterocycles. The molecule has 0 bridgehead atoms. The molecule has 0 radical (unpaired) electrons. The number of benzene rings is 1. The van der Waals surface area contributed by atoms with Crippen LogP contribution in [0.1, 0.15) is 51.3 Å². The lowest BCUT2D eigenvalue weighted by atomic mass is 9.82. The lowest BCUT2D eigenvalue weighted by molar-refractivity contribution is 0.272. The van der Waals surface area contributed by atoms with Gasteiger partial charge in [0.25, 0.3) is 0 Å². The molecule has 0 aliphatic heterocycles. The topological polar surface area (TPSA) is 12.0 Å². The van der Waals surface area contributed by atoms with E-state index in [1.807, 2.05) is 0 Å². The maximum absolute atomic E-state index is 3.69. The van der Waals surface area contributed by atoms with Crippen LogP contribution in [-0.2, 0) is 0 Å². The van der Waals surface area contributed by atoms with Gasteiger partial charge in [-0.05, 0) is 42.5 Å².